The quantitative estimate of drug-likeness (QED) is 0.903. The van der Waals surface area contributed by atoms with Crippen LogP contribution < -0.4 is 0 Å². The molecule has 0 aromatic carbocycles. The maximum absolute atomic E-state index is 11.1. The molecule has 94 valence electrons. The Labute approximate surface area is 111 Å². The Morgan fingerprint density at radius 3 is 2.28 bits per heavy atom. The molecule has 0 saturated carbocycles. The number of hydrogen-bond donors (Lipinski definition) is 2. The van der Waals surface area contributed by atoms with E-state index in [1.165, 1.54) is 22.7 Å². The lowest BCUT2D eigenvalue weighted by Crippen LogP contribution is -1.98. The molecule has 0 aliphatic carbocycles. The first-order chi connectivity index (χ1) is 8.41. The van der Waals surface area contributed by atoms with E-state index in [2.05, 4.69) is 0 Å². The standard InChI is InChI=1S/C12H10O4S2/c1-5-9(12(15)16)6(2)18-10(5)8-3-7(4-17-8)11(13)14/h3-4H,1-2H3,(H,13,14)(H,15,16). The highest BCUT2D eigenvalue weighted by Gasteiger charge is 2.20. The smallest absolute Gasteiger partial charge is 0.337 e. The summed E-state index contributed by atoms with van der Waals surface area (Å²) in [6.45, 7) is 3.51. The molecule has 0 atom stereocenters. The molecule has 0 bridgehead atoms. The van der Waals surface area contributed by atoms with Crippen LogP contribution in [0.25, 0.3) is 9.75 Å². The third-order valence-corrected chi connectivity index (χ3v) is 4.92. The molecule has 2 heterocycles. The zero-order valence-corrected chi connectivity index (χ0v) is 11.3. The summed E-state index contributed by atoms with van der Waals surface area (Å²) in [6.07, 6.45) is 0. The Morgan fingerprint density at radius 2 is 1.83 bits per heavy atom. The van der Waals surface area contributed by atoms with Gasteiger partial charge in [-0.1, -0.05) is 0 Å². The van der Waals surface area contributed by atoms with E-state index in [1.807, 2.05) is 0 Å². The van der Waals surface area contributed by atoms with Gasteiger partial charge in [-0.2, -0.15) is 0 Å². The molecule has 0 spiro atoms. The van der Waals surface area contributed by atoms with Crippen molar-refractivity contribution in [1.29, 1.82) is 0 Å². The molecule has 2 aromatic heterocycles. The third kappa shape index (κ3) is 2.04. The van der Waals surface area contributed by atoms with Crippen molar-refractivity contribution in [2.75, 3.05) is 0 Å². The van der Waals surface area contributed by atoms with Crippen molar-refractivity contribution < 1.29 is 19.8 Å². The van der Waals surface area contributed by atoms with Gasteiger partial charge in [0.15, 0.2) is 0 Å². The Morgan fingerprint density at radius 1 is 1.17 bits per heavy atom. The Kier molecular flexibility index (Phi) is 3.23. The minimum atomic E-state index is -0.970. The molecule has 2 aromatic rings. The fraction of sp³-hybridized carbons (Fsp3) is 0.167. The second kappa shape index (κ2) is 4.55. The minimum absolute atomic E-state index is 0.234. The van der Waals surface area contributed by atoms with Crippen LogP contribution in [0.2, 0.25) is 0 Å². The number of carbonyl (C=O) groups is 2. The summed E-state index contributed by atoms with van der Waals surface area (Å²) < 4.78 is 0. The summed E-state index contributed by atoms with van der Waals surface area (Å²) in [6, 6.07) is 1.58. The first-order valence-corrected chi connectivity index (χ1v) is 6.77. The minimum Gasteiger partial charge on any atom is -0.478 e. The molecule has 6 heteroatoms. The van der Waals surface area contributed by atoms with E-state index < -0.39 is 11.9 Å². The monoisotopic (exact) mass is 282 g/mol. The van der Waals surface area contributed by atoms with Crippen LogP contribution in [0.3, 0.4) is 0 Å². The van der Waals surface area contributed by atoms with Gasteiger partial charge in [0.25, 0.3) is 0 Å². The van der Waals surface area contributed by atoms with E-state index in [0.717, 1.165) is 14.6 Å². The third-order valence-electron chi connectivity index (χ3n) is 2.61. The summed E-state index contributed by atoms with van der Waals surface area (Å²) in [7, 11) is 0. The van der Waals surface area contributed by atoms with Crippen molar-refractivity contribution in [3.8, 4) is 9.75 Å². The van der Waals surface area contributed by atoms with Crippen LogP contribution >= 0.6 is 22.7 Å². The summed E-state index contributed by atoms with van der Waals surface area (Å²) in [4.78, 5) is 24.3. The van der Waals surface area contributed by atoms with Crippen LogP contribution in [0, 0.1) is 13.8 Å². The zero-order chi connectivity index (χ0) is 13.4. The molecule has 0 saturated heterocycles. The van der Waals surface area contributed by atoms with Crippen molar-refractivity contribution in [3.05, 3.63) is 33.0 Å². The van der Waals surface area contributed by atoms with Gasteiger partial charge in [-0.3, -0.25) is 0 Å². The highest BCUT2D eigenvalue weighted by Crippen LogP contribution is 2.39. The first-order valence-electron chi connectivity index (χ1n) is 5.07. The number of aryl methyl sites for hydroxylation is 1. The molecule has 0 amide bonds. The fourth-order valence-electron chi connectivity index (χ4n) is 1.77. The molecule has 4 nitrogen and oxygen atoms in total. The van der Waals surface area contributed by atoms with Crippen LogP contribution in [0.15, 0.2) is 11.4 Å². The number of thiophene rings is 2. The van der Waals surface area contributed by atoms with Gasteiger partial charge in [-0.25, -0.2) is 9.59 Å². The van der Waals surface area contributed by atoms with E-state index in [9.17, 15) is 9.59 Å². The molecule has 18 heavy (non-hydrogen) atoms. The Balaban J connectivity index is 2.54. The van der Waals surface area contributed by atoms with Gasteiger partial charge in [0.05, 0.1) is 11.1 Å². The summed E-state index contributed by atoms with van der Waals surface area (Å²) >= 11 is 2.70. The van der Waals surface area contributed by atoms with E-state index >= 15 is 0 Å². The fourth-order valence-corrected chi connectivity index (χ4v) is 3.98. The number of carboxylic acid groups (broad SMARTS) is 2. The van der Waals surface area contributed by atoms with Gasteiger partial charge in [0, 0.05) is 20.0 Å². The lowest BCUT2D eigenvalue weighted by molar-refractivity contribution is 0.0685. The van der Waals surface area contributed by atoms with Crippen LogP contribution in [-0.4, -0.2) is 22.2 Å². The second-order valence-electron chi connectivity index (χ2n) is 3.80. The maximum Gasteiger partial charge on any atom is 0.337 e. The van der Waals surface area contributed by atoms with Crippen LogP contribution in [0.4, 0.5) is 0 Å². The molecular weight excluding hydrogens is 272 g/mol. The number of rotatable bonds is 3. The lowest BCUT2D eigenvalue weighted by Gasteiger charge is -1.96. The van der Waals surface area contributed by atoms with Gasteiger partial charge >= 0.3 is 11.9 Å². The predicted octanol–water partition coefficient (Wildman–Crippen LogP) is 3.49. The second-order valence-corrected chi connectivity index (χ2v) is 5.93. The summed E-state index contributed by atoms with van der Waals surface area (Å²) in [5.74, 6) is -1.91. The van der Waals surface area contributed by atoms with Crippen molar-refractivity contribution in [3.63, 3.8) is 0 Å². The largest absolute Gasteiger partial charge is 0.478 e. The van der Waals surface area contributed by atoms with Crippen molar-refractivity contribution >= 4 is 34.6 Å². The maximum atomic E-state index is 11.1. The lowest BCUT2D eigenvalue weighted by atomic mass is 10.1. The summed E-state index contributed by atoms with van der Waals surface area (Å²) in [5.41, 5.74) is 1.25. The van der Waals surface area contributed by atoms with Crippen molar-refractivity contribution in [2.24, 2.45) is 0 Å². The van der Waals surface area contributed by atoms with E-state index in [0.29, 0.717) is 11.1 Å². The van der Waals surface area contributed by atoms with Gasteiger partial charge in [-0.05, 0) is 25.5 Å². The topological polar surface area (TPSA) is 74.6 Å². The predicted molar refractivity (Wildman–Crippen MR) is 71.0 cm³/mol. The molecule has 0 aliphatic rings. The summed E-state index contributed by atoms with van der Waals surface area (Å²) in [5, 5.41) is 19.6. The van der Waals surface area contributed by atoms with Crippen LogP contribution in [0.1, 0.15) is 31.2 Å². The molecule has 0 aliphatic heterocycles. The molecule has 2 rings (SSSR count). The Hall–Kier alpha value is -1.66. The SMILES string of the molecule is Cc1sc(-c2cc(C(=O)O)cs2)c(C)c1C(=O)O. The zero-order valence-electron chi connectivity index (χ0n) is 9.68. The van der Waals surface area contributed by atoms with E-state index in [-0.39, 0.29) is 5.56 Å². The van der Waals surface area contributed by atoms with Gasteiger partial charge in [0.1, 0.15) is 0 Å². The van der Waals surface area contributed by atoms with Gasteiger partial charge in [0.2, 0.25) is 0 Å². The molecule has 2 N–H and O–H groups in total. The van der Waals surface area contributed by atoms with Crippen LogP contribution in [0.5, 0.6) is 0 Å². The van der Waals surface area contributed by atoms with Gasteiger partial charge in [-0.15, -0.1) is 22.7 Å². The highest BCUT2D eigenvalue weighted by molar-refractivity contribution is 7.21. The van der Waals surface area contributed by atoms with Gasteiger partial charge < -0.3 is 10.2 Å². The normalized spacial score (nSPS) is 10.6. The number of carboxylic acids is 2. The molecule has 0 unspecified atom stereocenters. The molecular formula is C12H10O4S2. The van der Waals surface area contributed by atoms with E-state index in [4.69, 9.17) is 10.2 Å². The van der Waals surface area contributed by atoms with Crippen molar-refractivity contribution in [1.82, 2.24) is 0 Å². The average Bonchev–Trinajstić information content (AvgIpc) is 2.83. The van der Waals surface area contributed by atoms with E-state index in [1.54, 1.807) is 25.3 Å². The Bertz CT molecular complexity index is 637. The highest BCUT2D eigenvalue weighted by atomic mass is 32.1. The molecule has 0 radical (unpaired) electrons. The first kappa shape index (κ1) is 12.8. The van der Waals surface area contributed by atoms with Crippen molar-refractivity contribution in [2.45, 2.75) is 13.8 Å². The number of aromatic carboxylic acids is 2. The molecule has 0 fully saturated rings. The number of hydrogen-bond acceptors (Lipinski definition) is 4. The van der Waals surface area contributed by atoms with Crippen LogP contribution in [-0.2, 0) is 0 Å². The average molecular weight is 282 g/mol.